The summed E-state index contributed by atoms with van der Waals surface area (Å²) < 4.78 is 8.40. The van der Waals surface area contributed by atoms with E-state index in [4.69, 9.17) is 4.42 Å². The van der Waals surface area contributed by atoms with Gasteiger partial charge in [-0.3, -0.25) is 0 Å². The molecule has 3 aliphatic rings. The van der Waals surface area contributed by atoms with E-state index in [1.54, 1.807) is 6.08 Å². The molecule has 1 saturated heterocycles. The molecule has 0 atom stereocenters. The number of aryl methyl sites for hydroxylation is 1. The van der Waals surface area contributed by atoms with Crippen LogP contribution in [0.2, 0.25) is 0 Å². The number of anilines is 3. The van der Waals surface area contributed by atoms with Crippen LogP contribution in [0.25, 0.3) is 6.08 Å². The van der Waals surface area contributed by atoms with Crippen LogP contribution in [0, 0.1) is 6.92 Å². The SMILES string of the molecule is Cc1cc2c(o1)N1c3[se]c(C=C4C(=O)N(C)C(=O)N(C)C4=O)cc3C(C)(C)c3cccc(c31)C2(C)C. The Morgan fingerprint density at radius 2 is 1.44 bits per heavy atom. The summed E-state index contributed by atoms with van der Waals surface area (Å²) in [5, 5.41) is 0. The zero-order valence-electron chi connectivity index (χ0n) is 21.3. The van der Waals surface area contributed by atoms with Crippen molar-refractivity contribution in [3.63, 3.8) is 0 Å². The second-order valence-corrected chi connectivity index (χ2v) is 13.0. The molecule has 1 fully saturated rings. The third-order valence-corrected chi connectivity index (χ3v) is 10.1. The number of barbiturate groups is 1. The first-order chi connectivity index (χ1) is 16.9. The molecule has 0 unspecified atom stereocenters. The number of furan rings is 1. The van der Waals surface area contributed by atoms with Gasteiger partial charge in [0.15, 0.2) is 0 Å². The van der Waals surface area contributed by atoms with Crippen LogP contribution in [0.15, 0.2) is 40.3 Å². The van der Waals surface area contributed by atoms with Gasteiger partial charge in [0.05, 0.1) is 0 Å². The number of carbonyl (C=O) groups is 3. The van der Waals surface area contributed by atoms with E-state index >= 15 is 0 Å². The minimum absolute atomic E-state index is 0.0119. The second kappa shape index (κ2) is 7.11. The summed E-state index contributed by atoms with van der Waals surface area (Å²) in [6.07, 6.45) is 1.67. The molecule has 0 bridgehead atoms. The predicted octanol–water partition coefficient (Wildman–Crippen LogP) is 4.83. The third-order valence-electron chi connectivity index (χ3n) is 7.86. The third kappa shape index (κ3) is 2.77. The normalized spacial score (nSPS) is 19.4. The molecule has 0 aliphatic carbocycles. The molecule has 8 heteroatoms. The van der Waals surface area contributed by atoms with Gasteiger partial charge in [0.2, 0.25) is 0 Å². The number of hydrogen-bond acceptors (Lipinski definition) is 5. The van der Waals surface area contributed by atoms with Crippen molar-refractivity contribution in [1.82, 2.24) is 9.80 Å². The quantitative estimate of drug-likeness (QED) is 0.248. The molecule has 4 amide bonds. The first-order valence-electron chi connectivity index (χ1n) is 11.9. The number of fused-ring (bicyclic) bond motifs is 4. The number of imide groups is 2. The van der Waals surface area contributed by atoms with E-state index in [2.05, 4.69) is 62.9 Å². The summed E-state index contributed by atoms with van der Waals surface area (Å²) in [6.45, 7) is 10.9. The van der Waals surface area contributed by atoms with Gasteiger partial charge in [-0.25, -0.2) is 0 Å². The molecule has 0 spiro atoms. The Balaban J connectivity index is 1.59. The number of rotatable bonds is 1. The average Bonchev–Trinajstić information content (AvgIpc) is 3.44. The molecule has 0 N–H and O–H groups in total. The molecule has 36 heavy (non-hydrogen) atoms. The maximum atomic E-state index is 12.8. The van der Waals surface area contributed by atoms with Gasteiger partial charge in [0.25, 0.3) is 0 Å². The van der Waals surface area contributed by atoms with Crippen molar-refractivity contribution in [2.45, 2.75) is 45.4 Å². The van der Waals surface area contributed by atoms with E-state index in [0.717, 1.165) is 41.6 Å². The van der Waals surface area contributed by atoms with Gasteiger partial charge in [0.1, 0.15) is 0 Å². The molecule has 7 nitrogen and oxygen atoms in total. The van der Waals surface area contributed by atoms with Crippen molar-refractivity contribution in [3.05, 3.63) is 68.4 Å². The van der Waals surface area contributed by atoms with Crippen molar-refractivity contribution in [2.75, 3.05) is 19.0 Å². The van der Waals surface area contributed by atoms with Crippen LogP contribution in [0.1, 0.15) is 60.1 Å². The van der Waals surface area contributed by atoms with E-state index in [-0.39, 0.29) is 30.9 Å². The standard InChI is InChI=1S/C28H27N3O4Se/c1-14-11-19-24(35-14)31-21-17(27(19,2)3)9-8-10-18(21)28(4,5)20-13-15(36-25(20)31)12-16-22(32)29(6)26(34)30(7)23(16)33/h8-13H,1-7H3. The van der Waals surface area contributed by atoms with Crippen LogP contribution < -0.4 is 4.90 Å². The maximum absolute atomic E-state index is 12.8. The van der Waals surface area contributed by atoms with Crippen LogP contribution in [0.3, 0.4) is 0 Å². The molecular formula is C28H27N3O4Se. The topological polar surface area (TPSA) is 74.1 Å². The summed E-state index contributed by atoms with van der Waals surface area (Å²) in [5.74, 6) is 0.570. The van der Waals surface area contributed by atoms with Gasteiger partial charge in [-0.15, -0.1) is 0 Å². The fourth-order valence-electron chi connectivity index (χ4n) is 5.70. The molecule has 184 valence electrons. The van der Waals surface area contributed by atoms with Gasteiger partial charge in [-0.05, 0) is 0 Å². The number of para-hydroxylation sites is 1. The van der Waals surface area contributed by atoms with E-state index in [1.807, 2.05) is 6.92 Å². The minimum atomic E-state index is -0.619. The Bertz CT molecular complexity index is 1530. The molecule has 1 aromatic carbocycles. The molecule has 5 heterocycles. The van der Waals surface area contributed by atoms with Gasteiger partial charge in [-0.1, -0.05) is 0 Å². The Hall–Kier alpha value is -3.35. The fraction of sp³-hybridized carbons (Fsp3) is 0.321. The van der Waals surface area contributed by atoms with Crippen LogP contribution in [-0.4, -0.2) is 56.2 Å². The summed E-state index contributed by atoms with van der Waals surface area (Å²) >= 11 is -0.191. The summed E-state index contributed by atoms with van der Waals surface area (Å²) in [5.41, 5.74) is 5.49. The first kappa shape index (κ1) is 23.1. The monoisotopic (exact) mass is 549 g/mol. The summed E-state index contributed by atoms with van der Waals surface area (Å²) in [6, 6.07) is 10.2. The van der Waals surface area contributed by atoms with Crippen LogP contribution in [0.5, 0.6) is 0 Å². The van der Waals surface area contributed by atoms with Gasteiger partial charge in [0, 0.05) is 0 Å². The Morgan fingerprint density at radius 3 is 2.06 bits per heavy atom. The fourth-order valence-corrected chi connectivity index (χ4v) is 8.35. The van der Waals surface area contributed by atoms with Gasteiger partial charge >= 0.3 is 216 Å². The van der Waals surface area contributed by atoms with E-state index in [1.165, 1.54) is 30.9 Å². The van der Waals surface area contributed by atoms with Crippen LogP contribution >= 0.6 is 0 Å². The second-order valence-electron chi connectivity index (χ2n) is 10.8. The Morgan fingerprint density at radius 1 is 0.861 bits per heavy atom. The number of carbonyl (C=O) groups excluding carboxylic acids is 3. The molecule has 3 aliphatic heterocycles. The zero-order valence-corrected chi connectivity index (χ0v) is 23.1. The molecular weight excluding hydrogens is 521 g/mol. The summed E-state index contributed by atoms with van der Waals surface area (Å²) in [7, 11) is 2.80. The molecule has 6 rings (SSSR count). The number of likely N-dealkylation sites (N-methyl/N-ethyl adjacent to an activating group) is 2. The Kier molecular flexibility index (Phi) is 4.56. The molecule has 3 aromatic rings. The van der Waals surface area contributed by atoms with E-state index in [0.29, 0.717) is 0 Å². The molecule has 2 aromatic heterocycles. The van der Waals surface area contributed by atoms with Gasteiger partial charge < -0.3 is 0 Å². The van der Waals surface area contributed by atoms with E-state index in [9.17, 15) is 14.4 Å². The first-order valence-corrected chi connectivity index (χ1v) is 13.6. The van der Waals surface area contributed by atoms with Crippen molar-refractivity contribution in [1.29, 1.82) is 0 Å². The predicted molar refractivity (Wildman–Crippen MR) is 138 cm³/mol. The number of urea groups is 1. The van der Waals surface area contributed by atoms with Gasteiger partial charge in [-0.2, -0.15) is 0 Å². The average molecular weight is 549 g/mol. The van der Waals surface area contributed by atoms with Crippen molar-refractivity contribution >= 4 is 54.6 Å². The van der Waals surface area contributed by atoms with Crippen molar-refractivity contribution < 1.29 is 18.8 Å². The number of amides is 4. The summed E-state index contributed by atoms with van der Waals surface area (Å²) in [4.78, 5) is 42.1. The van der Waals surface area contributed by atoms with Crippen molar-refractivity contribution in [2.24, 2.45) is 0 Å². The van der Waals surface area contributed by atoms with Crippen LogP contribution in [-0.2, 0) is 20.4 Å². The Labute approximate surface area is 215 Å². The number of nitrogens with zero attached hydrogens (tertiary/aromatic N) is 3. The number of hydrogen-bond donors (Lipinski definition) is 0. The van der Waals surface area contributed by atoms with Crippen molar-refractivity contribution in [3.8, 4) is 0 Å². The molecule has 0 radical (unpaired) electrons. The van der Waals surface area contributed by atoms with Crippen LogP contribution in [0.4, 0.5) is 20.9 Å². The molecule has 0 saturated carbocycles. The number of benzene rings is 1. The zero-order chi connectivity index (χ0) is 25.9. The van der Waals surface area contributed by atoms with E-state index < -0.39 is 17.8 Å².